The fourth-order valence-electron chi connectivity index (χ4n) is 1.48. The lowest BCUT2D eigenvalue weighted by Crippen LogP contribution is -2.44. The van der Waals surface area contributed by atoms with Crippen LogP contribution in [0.15, 0.2) is 0 Å². The lowest BCUT2D eigenvalue weighted by atomic mass is 10.1. The Morgan fingerprint density at radius 1 is 1.38 bits per heavy atom. The van der Waals surface area contributed by atoms with Crippen molar-refractivity contribution in [2.75, 3.05) is 20.2 Å². The topological polar surface area (TPSA) is 66.8 Å². The van der Waals surface area contributed by atoms with Gasteiger partial charge in [0.2, 0.25) is 0 Å². The first kappa shape index (κ1) is 14.9. The van der Waals surface area contributed by atoms with Crippen molar-refractivity contribution >= 4 is 11.9 Å². The van der Waals surface area contributed by atoms with E-state index in [-0.39, 0.29) is 18.4 Å². The highest BCUT2D eigenvalue weighted by Crippen LogP contribution is 2.06. The van der Waals surface area contributed by atoms with Gasteiger partial charge in [0.05, 0.1) is 0 Å². The van der Waals surface area contributed by atoms with E-state index in [1.165, 1.54) is 12.0 Å². The van der Waals surface area contributed by atoms with Gasteiger partial charge in [0.15, 0.2) is 0 Å². The Hall–Kier alpha value is -1.10. The van der Waals surface area contributed by atoms with Crippen LogP contribution in [-0.4, -0.2) is 48.2 Å². The van der Waals surface area contributed by atoms with Crippen molar-refractivity contribution in [3.8, 4) is 0 Å². The van der Waals surface area contributed by atoms with Crippen molar-refractivity contribution in [2.45, 2.75) is 33.3 Å². The number of carboxylic acids is 1. The smallest absolute Gasteiger partial charge is 0.323 e. The maximum atomic E-state index is 11.9. The van der Waals surface area contributed by atoms with Crippen LogP contribution in [0.25, 0.3) is 0 Å². The Balaban J connectivity index is 4.59. The molecule has 0 bridgehead atoms. The van der Waals surface area contributed by atoms with Gasteiger partial charge in [0, 0.05) is 13.7 Å². The van der Waals surface area contributed by atoms with Crippen LogP contribution in [0.4, 0.5) is 0 Å². The number of ether oxygens (including phenoxy) is 1. The van der Waals surface area contributed by atoms with Gasteiger partial charge in [-0.2, -0.15) is 0 Å². The van der Waals surface area contributed by atoms with E-state index in [9.17, 15) is 9.59 Å². The summed E-state index contributed by atoms with van der Waals surface area (Å²) in [7, 11) is 1.46. The summed E-state index contributed by atoms with van der Waals surface area (Å²) in [6.45, 7) is 5.88. The number of hydrogen-bond acceptors (Lipinski definition) is 3. The van der Waals surface area contributed by atoms with E-state index in [0.717, 1.165) is 0 Å². The zero-order valence-corrected chi connectivity index (χ0v) is 10.4. The summed E-state index contributed by atoms with van der Waals surface area (Å²) in [6, 6.07) is 0. The molecule has 0 aliphatic heterocycles. The van der Waals surface area contributed by atoms with Crippen molar-refractivity contribution in [1.29, 1.82) is 0 Å². The number of rotatable bonds is 7. The Morgan fingerprint density at radius 3 is 2.25 bits per heavy atom. The summed E-state index contributed by atoms with van der Waals surface area (Å²) in [5.41, 5.74) is 0. The van der Waals surface area contributed by atoms with E-state index >= 15 is 0 Å². The number of carbonyl (C=O) groups is 2. The molecule has 0 saturated carbocycles. The molecule has 0 radical (unpaired) electrons. The number of carboxylic acid groups (broad SMARTS) is 1. The van der Waals surface area contributed by atoms with Crippen LogP contribution in [0.2, 0.25) is 0 Å². The Bertz CT molecular complexity index is 236. The zero-order chi connectivity index (χ0) is 12.7. The number of hydrogen-bond donors (Lipinski definition) is 1. The third-order valence-corrected chi connectivity index (χ3v) is 2.15. The maximum absolute atomic E-state index is 11.9. The van der Waals surface area contributed by atoms with E-state index in [2.05, 4.69) is 0 Å². The molecule has 0 rings (SSSR count). The van der Waals surface area contributed by atoms with E-state index < -0.39 is 12.1 Å². The van der Waals surface area contributed by atoms with Crippen LogP contribution >= 0.6 is 0 Å². The maximum Gasteiger partial charge on any atom is 0.323 e. The molecule has 5 nitrogen and oxygen atoms in total. The van der Waals surface area contributed by atoms with Gasteiger partial charge in [0.25, 0.3) is 5.91 Å². The molecule has 0 saturated heterocycles. The zero-order valence-electron chi connectivity index (χ0n) is 10.4. The van der Waals surface area contributed by atoms with Crippen molar-refractivity contribution in [2.24, 2.45) is 5.92 Å². The number of nitrogens with zero attached hydrogens (tertiary/aromatic N) is 1. The molecule has 0 aromatic heterocycles. The summed E-state index contributed by atoms with van der Waals surface area (Å²) in [5.74, 6) is -1.02. The fourth-order valence-corrected chi connectivity index (χ4v) is 1.48. The van der Waals surface area contributed by atoms with E-state index in [0.29, 0.717) is 13.0 Å². The molecule has 0 aliphatic rings. The van der Waals surface area contributed by atoms with Gasteiger partial charge >= 0.3 is 5.97 Å². The first-order valence-corrected chi connectivity index (χ1v) is 5.45. The van der Waals surface area contributed by atoms with Crippen LogP contribution in [0.1, 0.15) is 27.2 Å². The lowest BCUT2D eigenvalue weighted by Gasteiger charge is -2.26. The first-order chi connectivity index (χ1) is 7.42. The molecular formula is C11H21NO4. The fraction of sp³-hybridized carbons (Fsp3) is 0.818. The molecule has 94 valence electrons. The lowest BCUT2D eigenvalue weighted by molar-refractivity contribution is -0.150. The highest BCUT2D eigenvalue weighted by atomic mass is 16.5. The van der Waals surface area contributed by atoms with Gasteiger partial charge in [-0.15, -0.1) is 0 Å². The molecule has 0 aromatic carbocycles. The highest BCUT2D eigenvalue weighted by molar-refractivity contribution is 5.84. The van der Waals surface area contributed by atoms with Crippen molar-refractivity contribution in [1.82, 2.24) is 4.90 Å². The molecule has 1 unspecified atom stereocenters. The summed E-state index contributed by atoms with van der Waals surface area (Å²) < 4.78 is 5.02. The van der Waals surface area contributed by atoms with E-state index in [4.69, 9.17) is 9.84 Å². The summed E-state index contributed by atoms with van der Waals surface area (Å²) in [4.78, 5) is 23.9. The molecule has 0 spiro atoms. The average Bonchev–Trinajstić information content (AvgIpc) is 2.17. The minimum absolute atomic E-state index is 0.234. The molecule has 5 heteroatoms. The second kappa shape index (κ2) is 7.22. The van der Waals surface area contributed by atoms with Gasteiger partial charge in [0.1, 0.15) is 12.6 Å². The predicted octanol–water partition coefficient (Wildman–Crippen LogP) is 0.981. The molecule has 16 heavy (non-hydrogen) atoms. The number of carbonyl (C=O) groups excluding carboxylic acids is 1. The number of amides is 1. The SMILES string of the molecule is CCC(OC)C(=O)N(CC(=O)O)CC(C)C. The first-order valence-electron chi connectivity index (χ1n) is 5.45. The van der Waals surface area contributed by atoms with Crippen molar-refractivity contribution in [3.05, 3.63) is 0 Å². The van der Waals surface area contributed by atoms with E-state index in [1.54, 1.807) is 0 Å². The highest BCUT2D eigenvalue weighted by Gasteiger charge is 2.24. The van der Waals surface area contributed by atoms with Crippen LogP contribution in [0.5, 0.6) is 0 Å². The minimum Gasteiger partial charge on any atom is -0.480 e. The standard InChI is InChI=1S/C11H21NO4/c1-5-9(16-4)11(15)12(6-8(2)3)7-10(13)14/h8-9H,5-7H2,1-4H3,(H,13,14). The van der Waals surface area contributed by atoms with Crippen LogP contribution in [0, 0.1) is 5.92 Å². The molecule has 1 atom stereocenters. The summed E-state index contributed by atoms with van der Waals surface area (Å²) >= 11 is 0. The van der Waals surface area contributed by atoms with Gasteiger partial charge in [-0.25, -0.2) is 0 Å². The molecular weight excluding hydrogens is 210 g/mol. The largest absolute Gasteiger partial charge is 0.480 e. The normalized spacial score (nSPS) is 12.6. The second-order valence-electron chi connectivity index (χ2n) is 4.14. The van der Waals surface area contributed by atoms with Crippen LogP contribution in [-0.2, 0) is 14.3 Å². The Morgan fingerprint density at radius 2 is 1.94 bits per heavy atom. The van der Waals surface area contributed by atoms with Crippen molar-refractivity contribution < 1.29 is 19.4 Å². The minimum atomic E-state index is -1.00. The van der Waals surface area contributed by atoms with Crippen molar-refractivity contribution in [3.63, 3.8) is 0 Å². The Kier molecular flexibility index (Phi) is 6.72. The average molecular weight is 231 g/mol. The van der Waals surface area contributed by atoms with Crippen LogP contribution < -0.4 is 0 Å². The monoisotopic (exact) mass is 231 g/mol. The van der Waals surface area contributed by atoms with Gasteiger partial charge in [-0.3, -0.25) is 9.59 Å². The molecule has 0 aromatic rings. The molecule has 0 fully saturated rings. The molecule has 0 heterocycles. The summed E-state index contributed by atoms with van der Waals surface area (Å²) in [5, 5.41) is 8.74. The quantitative estimate of drug-likeness (QED) is 0.709. The third-order valence-electron chi connectivity index (χ3n) is 2.15. The molecule has 0 aliphatic carbocycles. The molecule has 1 N–H and O–H groups in total. The number of methoxy groups -OCH3 is 1. The van der Waals surface area contributed by atoms with Gasteiger partial charge in [-0.1, -0.05) is 20.8 Å². The van der Waals surface area contributed by atoms with Gasteiger partial charge < -0.3 is 14.7 Å². The second-order valence-corrected chi connectivity index (χ2v) is 4.14. The van der Waals surface area contributed by atoms with Gasteiger partial charge in [-0.05, 0) is 12.3 Å². The van der Waals surface area contributed by atoms with E-state index in [1.807, 2.05) is 20.8 Å². The summed E-state index contributed by atoms with van der Waals surface area (Å²) in [6.07, 6.45) is 0.00176. The van der Waals surface area contributed by atoms with Crippen LogP contribution in [0.3, 0.4) is 0 Å². The molecule has 1 amide bonds. The third kappa shape index (κ3) is 5.11. The predicted molar refractivity (Wildman–Crippen MR) is 60.1 cm³/mol. The number of aliphatic carboxylic acids is 1. The Labute approximate surface area is 96.4 Å².